The number of hydrogen-bond acceptors (Lipinski definition) is 7. The standard InChI is InChI=1S/C55H80O7Si2/c1-42(53(57)43(2)36-37-60-64(55(6,7)8,47-30-19-13-20-31-47)48-32-21-14-22-33-48)24-23-29-46(56)38-51-50(62-63(9,10)54(3,4)5)35-34-49(59-40-45-27-17-12-18-28-45)52(61-51)41-58-39-44-25-15-11-16-26-44/h11-23,25-33,42-43,46,49-53,56-57H,24,34-41H2,1-10H3/b29-23-/t42-,43+,46-,49-,50+,51-,52+,53+/m1/s1. The van der Waals surface area contributed by atoms with Crippen LogP contribution in [0.4, 0.5) is 0 Å². The molecule has 0 radical (unpaired) electrons. The van der Waals surface area contributed by atoms with Crippen LogP contribution in [0.1, 0.15) is 98.6 Å². The van der Waals surface area contributed by atoms with Crippen LogP contribution < -0.4 is 10.4 Å². The van der Waals surface area contributed by atoms with Crippen LogP contribution in [0.3, 0.4) is 0 Å². The Kier molecular flexibility index (Phi) is 19.4. The summed E-state index contributed by atoms with van der Waals surface area (Å²) in [7, 11) is -4.87. The van der Waals surface area contributed by atoms with E-state index in [1.54, 1.807) is 0 Å². The molecule has 0 spiro atoms. The largest absolute Gasteiger partial charge is 0.411 e. The second-order valence-corrected chi connectivity index (χ2v) is 29.8. The van der Waals surface area contributed by atoms with Gasteiger partial charge < -0.3 is 33.3 Å². The van der Waals surface area contributed by atoms with E-state index in [2.05, 4.69) is 153 Å². The smallest absolute Gasteiger partial charge is 0.261 e. The Balaban J connectivity index is 1.24. The molecule has 0 aliphatic carbocycles. The van der Waals surface area contributed by atoms with Gasteiger partial charge in [-0.2, -0.15) is 0 Å². The molecule has 350 valence electrons. The number of ether oxygens (including phenoxy) is 3. The zero-order valence-corrected chi connectivity index (χ0v) is 42.6. The van der Waals surface area contributed by atoms with E-state index in [4.69, 9.17) is 23.1 Å². The Hall–Kier alpha value is -3.23. The molecule has 0 aromatic heterocycles. The third-order valence-corrected chi connectivity index (χ3v) is 23.2. The first-order valence-electron chi connectivity index (χ1n) is 23.8. The summed E-state index contributed by atoms with van der Waals surface area (Å²) in [5.74, 6) is 0.0149. The Morgan fingerprint density at radius 2 is 1.19 bits per heavy atom. The van der Waals surface area contributed by atoms with Gasteiger partial charge in [0.1, 0.15) is 6.10 Å². The molecule has 0 bridgehead atoms. The molecule has 8 atom stereocenters. The Morgan fingerprint density at radius 3 is 1.72 bits per heavy atom. The molecular weight excluding hydrogens is 829 g/mol. The summed E-state index contributed by atoms with van der Waals surface area (Å²) in [5, 5.41) is 25.7. The van der Waals surface area contributed by atoms with Gasteiger partial charge in [0.25, 0.3) is 8.32 Å². The monoisotopic (exact) mass is 909 g/mol. The lowest BCUT2D eigenvalue weighted by molar-refractivity contribution is -0.143. The number of allylic oxidation sites excluding steroid dienone is 1. The van der Waals surface area contributed by atoms with Gasteiger partial charge in [-0.25, -0.2) is 0 Å². The second-order valence-electron chi connectivity index (χ2n) is 20.8. The molecule has 1 aliphatic rings. The number of aliphatic hydroxyl groups excluding tert-OH is 2. The minimum absolute atomic E-state index is 0.00541. The van der Waals surface area contributed by atoms with Crippen molar-refractivity contribution in [3.05, 3.63) is 145 Å². The van der Waals surface area contributed by atoms with Gasteiger partial charge in [-0.15, -0.1) is 0 Å². The van der Waals surface area contributed by atoms with E-state index < -0.39 is 28.8 Å². The number of benzene rings is 4. The van der Waals surface area contributed by atoms with Crippen molar-refractivity contribution in [1.29, 1.82) is 0 Å². The Morgan fingerprint density at radius 1 is 0.672 bits per heavy atom. The molecule has 1 saturated heterocycles. The fourth-order valence-corrected chi connectivity index (χ4v) is 14.7. The Bertz CT molecular complexity index is 1890. The van der Waals surface area contributed by atoms with Crippen molar-refractivity contribution in [2.24, 2.45) is 11.8 Å². The summed E-state index contributed by atoms with van der Waals surface area (Å²) in [5.41, 5.74) is 2.21. The minimum Gasteiger partial charge on any atom is -0.411 e. The van der Waals surface area contributed by atoms with E-state index >= 15 is 0 Å². The highest BCUT2D eigenvalue weighted by atomic mass is 28.4. The van der Waals surface area contributed by atoms with Gasteiger partial charge in [0.2, 0.25) is 0 Å². The lowest BCUT2D eigenvalue weighted by Gasteiger charge is -2.43. The fourth-order valence-electron chi connectivity index (χ4n) is 8.78. The molecule has 1 aliphatic heterocycles. The average molecular weight is 909 g/mol. The normalized spacial score (nSPS) is 21.0. The van der Waals surface area contributed by atoms with Crippen LogP contribution in [-0.2, 0) is 36.3 Å². The summed E-state index contributed by atoms with van der Waals surface area (Å²) in [6, 6.07) is 41.9. The minimum atomic E-state index is -2.66. The van der Waals surface area contributed by atoms with Gasteiger partial charge in [-0.1, -0.05) is 189 Å². The van der Waals surface area contributed by atoms with E-state index in [1.165, 1.54) is 10.4 Å². The first-order chi connectivity index (χ1) is 30.4. The first-order valence-corrected chi connectivity index (χ1v) is 28.6. The van der Waals surface area contributed by atoms with Gasteiger partial charge in [0.05, 0.1) is 50.3 Å². The molecule has 1 fully saturated rings. The summed E-state index contributed by atoms with van der Waals surface area (Å²) in [6.45, 7) is 24.3. The van der Waals surface area contributed by atoms with Crippen molar-refractivity contribution < 1.29 is 33.3 Å². The van der Waals surface area contributed by atoms with Crippen molar-refractivity contribution in [3.8, 4) is 0 Å². The second kappa shape index (κ2) is 24.0. The van der Waals surface area contributed by atoms with E-state index in [-0.39, 0.29) is 46.3 Å². The zero-order valence-electron chi connectivity index (χ0n) is 40.6. The molecule has 0 saturated carbocycles. The van der Waals surface area contributed by atoms with E-state index in [1.807, 2.05) is 48.6 Å². The summed E-state index contributed by atoms with van der Waals surface area (Å²) in [6.07, 6.45) is 4.74. The topological polar surface area (TPSA) is 86.6 Å². The molecule has 0 unspecified atom stereocenters. The van der Waals surface area contributed by atoms with Crippen molar-refractivity contribution >= 4 is 27.0 Å². The van der Waals surface area contributed by atoms with Crippen LogP contribution >= 0.6 is 0 Å². The van der Waals surface area contributed by atoms with E-state index in [9.17, 15) is 10.2 Å². The molecule has 2 N–H and O–H groups in total. The third-order valence-electron chi connectivity index (χ3n) is 13.7. The fraction of sp³-hybridized carbons (Fsp3) is 0.527. The maximum absolute atomic E-state index is 11.7. The van der Waals surface area contributed by atoms with Gasteiger partial charge in [0, 0.05) is 13.0 Å². The van der Waals surface area contributed by atoms with Crippen molar-refractivity contribution in [2.45, 2.75) is 161 Å². The van der Waals surface area contributed by atoms with Crippen molar-refractivity contribution in [2.75, 3.05) is 13.2 Å². The van der Waals surface area contributed by atoms with E-state index in [0.29, 0.717) is 39.3 Å². The molecule has 7 nitrogen and oxygen atoms in total. The molecule has 4 aromatic rings. The van der Waals surface area contributed by atoms with Crippen molar-refractivity contribution in [1.82, 2.24) is 0 Å². The SMILES string of the molecule is C[C@H](C/C=C\[C@@H](O)C[C@H]1O[C@@H](COCc2ccccc2)[C@H](OCc2ccccc2)CC[C@@H]1O[Si](C)(C)C(C)(C)C)[C@H](O)[C@@H](C)CCO[Si](c1ccccc1)(c1ccccc1)C(C)(C)C. The maximum Gasteiger partial charge on any atom is 0.261 e. The third kappa shape index (κ3) is 14.4. The van der Waals surface area contributed by atoms with E-state index in [0.717, 1.165) is 30.4 Å². The van der Waals surface area contributed by atoms with Crippen molar-refractivity contribution in [3.63, 3.8) is 0 Å². The highest BCUT2D eigenvalue weighted by Gasteiger charge is 2.50. The molecule has 64 heavy (non-hydrogen) atoms. The average Bonchev–Trinajstić information content (AvgIpc) is 3.42. The lowest BCUT2D eigenvalue weighted by Crippen LogP contribution is -2.66. The van der Waals surface area contributed by atoms with Crippen LogP contribution in [0.2, 0.25) is 23.2 Å². The lowest BCUT2D eigenvalue weighted by atomic mass is 9.89. The summed E-state index contributed by atoms with van der Waals surface area (Å²) >= 11 is 0. The zero-order chi connectivity index (χ0) is 46.4. The summed E-state index contributed by atoms with van der Waals surface area (Å²) < 4.78 is 34.3. The summed E-state index contributed by atoms with van der Waals surface area (Å²) in [4.78, 5) is 0. The predicted molar refractivity (Wildman–Crippen MR) is 268 cm³/mol. The molecular formula is C55H80O7Si2. The van der Waals surface area contributed by atoms with Crippen LogP contribution in [0, 0.1) is 11.8 Å². The van der Waals surface area contributed by atoms with Gasteiger partial charge in [-0.05, 0) is 82.2 Å². The van der Waals surface area contributed by atoms with Crippen LogP contribution in [0.25, 0.3) is 0 Å². The highest BCUT2D eigenvalue weighted by molar-refractivity contribution is 6.99. The molecule has 5 rings (SSSR count). The first kappa shape index (κ1) is 51.8. The highest BCUT2D eigenvalue weighted by Crippen LogP contribution is 2.40. The molecule has 9 heteroatoms. The van der Waals surface area contributed by atoms with Crippen LogP contribution in [0.15, 0.2) is 133 Å². The van der Waals surface area contributed by atoms with Crippen LogP contribution in [-0.4, -0.2) is 76.7 Å². The molecule has 0 amide bonds. The van der Waals surface area contributed by atoms with Gasteiger partial charge >= 0.3 is 0 Å². The number of rotatable bonds is 22. The quantitative estimate of drug-likeness (QED) is 0.0600. The Labute approximate surface area is 388 Å². The van der Waals surface area contributed by atoms with Gasteiger partial charge in [-0.3, -0.25) is 0 Å². The number of hydrogen-bond donors (Lipinski definition) is 2. The predicted octanol–water partition coefficient (Wildman–Crippen LogP) is 11.0. The molecule has 4 aromatic carbocycles. The van der Waals surface area contributed by atoms with Gasteiger partial charge in [0.15, 0.2) is 8.32 Å². The maximum atomic E-state index is 11.7. The van der Waals surface area contributed by atoms with Crippen LogP contribution in [0.5, 0.6) is 0 Å². The number of aliphatic hydroxyl groups is 2. The molecule has 1 heterocycles.